The highest BCUT2D eigenvalue weighted by Crippen LogP contribution is 2.50. The number of hydrogen-bond acceptors (Lipinski definition) is 0. The molecule has 0 aliphatic heterocycles. The third-order valence-electron chi connectivity index (χ3n) is 4.31. The second-order valence-electron chi connectivity index (χ2n) is 6.48. The lowest BCUT2D eigenvalue weighted by Crippen LogP contribution is -2.32. The molecule has 0 aromatic heterocycles. The predicted molar refractivity (Wildman–Crippen MR) is 88.2 cm³/mol. The summed E-state index contributed by atoms with van der Waals surface area (Å²) in [6, 6.07) is 8.22. The number of halogens is 2. The van der Waals surface area contributed by atoms with E-state index in [0.29, 0.717) is 0 Å². The average Bonchev–Trinajstić information content (AvgIpc) is 2.29. The van der Waals surface area contributed by atoms with Gasteiger partial charge in [-0.15, -0.1) is 0 Å². The Morgan fingerprint density at radius 2 is 1.84 bits per heavy atom. The molecule has 19 heavy (non-hydrogen) atoms. The van der Waals surface area contributed by atoms with Gasteiger partial charge in [0.2, 0.25) is 0 Å². The van der Waals surface area contributed by atoms with Gasteiger partial charge in [-0.3, -0.25) is 0 Å². The summed E-state index contributed by atoms with van der Waals surface area (Å²) < 4.78 is 1.09. The zero-order valence-electron chi connectivity index (χ0n) is 11.9. The van der Waals surface area contributed by atoms with Gasteiger partial charge in [0.25, 0.3) is 0 Å². The van der Waals surface area contributed by atoms with Gasteiger partial charge in [-0.05, 0) is 34.5 Å². The standard InChI is InChI=1S/C17H20BrCl/c1-16(2,3)17(4)10-9-13(15(19)11-17)12-7-5-6-8-14(12)18/h5-10H,11H2,1-4H3. The molecular formula is C17H20BrCl. The molecule has 0 nitrogen and oxygen atoms in total. The zero-order chi connectivity index (χ0) is 14.3. The van der Waals surface area contributed by atoms with Crippen LogP contribution in [-0.2, 0) is 0 Å². The molecule has 1 atom stereocenters. The SMILES string of the molecule is CC(C)(C)C1(C)C=CC(c2ccccc2Br)=C(Cl)C1. The van der Waals surface area contributed by atoms with Crippen molar-refractivity contribution in [1.82, 2.24) is 0 Å². The average molecular weight is 340 g/mol. The van der Waals surface area contributed by atoms with E-state index in [9.17, 15) is 0 Å². The van der Waals surface area contributed by atoms with E-state index in [2.05, 4.69) is 67.9 Å². The van der Waals surface area contributed by atoms with Crippen molar-refractivity contribution < 1.29 is 0 Å². The molecule has 0 amide bonds. The van der Waals surface area contributed by atoms with Crippen molar-refractivity contribution in [1.29, 1.82) is 0 Å². The molecule has 0 bridgehead atoms. The summed E-state index contributed by atoms with van der Waals surface area (Å²) in [6.45, 7) is 9.09. The molecule has 1 aromatic rings. The molecule has 1 aliphatic carbocycles. The highest BCUT2D eigenvalue weighted by Gasteiger charge is 2.37. The summed E-state index contributed by atoms with van der Waals surface area (Å²) in [7, 11) is 0. The van der Waals surface area contributed by atoms with Crippen molar-refractivity contribution in [3.05, 3.63) is 51.5 Å². The molecule has 0 spiro atoms. The van der Waals surface area contributed by atoms with Gasteiger partial charge in [-0.25, -0.2) is 0 Å². The maximum absolute atomic E-state index is 6.59. The Labute approximate surface area is 129 Å². The summed E-state index contributed by atoms with van der Waals surface area (Å²) in [5.74, 6) is 0. The summed E-state index contributed by atoms with van der Waals surface area (Å²) in [5, 5.41) is 0.951. The Morgan fingerprint density at radius 3 is 2.37 bits per heavy atom. The van der Waals surface area contributed by atoms with Crippen LogP contribution < -0.4 is 0 Å². The fourth-order valence-corrected chi connectivity index (χ4v) is 3.21. The highest BCUT2D eigenvalue weighted by molar-refractivity contribution is 9.10. The van der Waals surface area contributed by atoms with E-state index in [1.807, 2.05) is 12.1 Å². The third-order valence-corrected chi connectivity index (χ3v) is 5.34. The van der Waals surface area contributed by atoms with E-state index < -0.39 is 0 Å². The molecule has 102 valence electrons. The summed E-state index contributed by atoms with van der Waals surface area (Å²) in [5.41, 5.74) is 2.60. The Bertz CT molecular complexity index is 549. The smallest absolute Gasteiger partial charge is 0.0268 e. The van der Waals surface area contributed by atoms with Gasteiger partial charge in [-0.1, -0.05) is 85.6 Å². The van der Waals surface area contributed by atoms with E-state index in [0.717, 1.165) is 21.5 Å². The van der Waals surface area contributed by atoms with Crippen molar-refractivity contribution in [2.45, 2.75) is 34.1 Å². The minimum atomic E-state index is 0.106. The molecule has 1 aromatic carbocycles. The van der Waals surface area contributed by atoms with E-state index in [1.165, 1.54) is 5.56 Å². The van der Waals surface area contributed by atoms with Gasteiger partial charge < -0.3 is 0 Å². The zero-order valence-corrected chi connectivity index (χ0v) is 14.3. The first-order valence-electron chi connectivity index (χ1n) is 6.57. The quantitative estimate of drug-likeness (QED) is 0.554. The van der Waals surface area contributed by atoms with Crippen LogP contribution in [0.2, 0.25) is 0 Å². The molecule has 0 saturated carbocycles. The molecule has 0 heterocycles. The lowest BCUT2D eigenvalue weighted by molar-refractivity contribution is 0.169. The van der Waals surface area contributed by atoms with E-state index in [4.69, 9.17) is 11.6 Å². The maximum atomic E-state index is 6.59. The Kier molecular flexibility index (Phi) is 3.99. The van der Waals surface area contributed by atoms with Crippen molar-refractivity contribution in [3.63, 3.8) is 0 Å². The molecule has 2 heteroatoms. The van der Waals surface area contributed by atoms with Crippen molar-refractivity contribution >= 4 is 33.1 Å². The molecule has 0 radical (unpaired) electrons. The molecular weight excluding hydrogens is 320 g/mol. The second-order valence-corrected chi connectivity index (χ2v) is 7.79. The highest BCUT2D eigenvalue weighted by atomic mass is 79.9. The van der Waals surface area contributed by atoms with Crippen LogP contribution >= 0.6 is 27.5 Å². The van der Waals surface area contributed by atoms with Crippen LogP contribution in [-0.4, -0.2) is 0 Å². The lowest BCUT2D eigenvalue weighted by Gasteiger charge is -2.42. The molecule has 0 N–H and O–H groups in total. The topological polar surface area (TPSA) is 0 Å². The largest absolute Gasteiger partial charge is 0.0884 e. The van der Waals surface area contributed by atoms with Gasteiger partial charge in [0.05, 0.1) is 0 Å². The van der Waals surface area contributed by atoms with E-state index >= 15 is 0 Å². The van der Waals surface area contributed by atoms with Crippen molar-refractivity contribution in [2.24, 2.45) is 10.8 Å². The fourth-order valence-electron chi connectivity index (χ4n) is 2.26. The molecule has 2 rings (SSSR count). The Morgan fingerprint density at radius 1 is 1.21 bits per heavy atom. The predicted octanol–water partition coefficient (Wildman–Crippen LogP) is 6.41. The molecule has 0 fully saturated rings. The Hall–Kier alpha value is -0.530. The van der Waals surface area contributed by atoms with Crippen LogP contribution in [0.1, 0.15) is 39.7 Å². The van der Waals surface area contributed by atoms with Crippen LogP contribution in [0, 0.1) is 10.8 Å². The van der Waals surface area contributed by atoms with Crippen molar-refractivity contribution in [3.8, 4) is 0 Å². The van der Waals surface area contributed by atoms with Crippen molar-refractivity contribution in [2.75, 3.05) is 0 Å². The molecule has 1 aliphatic rings. The minimum absolute atomic E-state index is 0.106. The number of rotatable bonds is 1. The van der Waals surface area contributed by atoms with Crippen LogP contribution in [0.5, 0.6) is 0 Å². The normalized spacial score (nSPS) is 23.9. The van der Waals surface area contributed by atoms with Gasteiger partial charge in [0, 0.05) is 9.51 Å². The second kappa shape index (κ2) is 5.10. The van der Waals surface area contributed by atoms with Gasteiger partial charge >= 0.3 is 0 Å². The maximum Gasteiger partial charge on any atom is 0.0268 e. The summed E-state index contributed by atoms with van der Waals surface area (Å²) >= 11 is 10.2. The van der Waals surface area contributed by atoms with E-state index in [1.54, 1.807) is 0 Å². The monoisotopic (exact) mass is 338 g/mol. The lowest BCUT2D eigenvalue weighted by atomic mass is 9.64. The summed E-state index contributed by atoms with van der Waals surface area (Å²) in [6.07, 6.45) is 5.38. The summed E-state index contributed by atoms with van der Waals surface area (Å²) in [4.78, 5) is 0. The van der Waals surface area contributed by atoms with Gasteiger partial charge in [0.15, 0.2) is 0 Å². The van der Waals surface area contributed by atoms with Crippen LogP contribution in [0.15, 0.2) is 45.9 Å². The Balaban J connectivity index is 2.41. The third kappa shape index (κ3) is 2.83. The first-order chi connectivity index (χ1) is 8.74. The number of benzene rings is 1. The van der Waals surface area contributed by atoms with E-state index in [-0.39, 0.29) is 10.8 Å². The van der Waals surface area contributed by atoms with Crippen LogP contribution in [0.25, 0.3) is 5.57 Å². The first kappa shape index (κ1) is 14.9. The minimum Gasteiger partial charge on any atom is -0.0884 e. The van der Waals surface area contributed by atoms with Crippen LogP contribution in [0.3, 0.4) is 0 Å². The molecule has 0 saturated heterocycles. The first-order valence-corrected chi connectivity index (χ1v) is 7.74. The van der Waals surface area contributed by atoms with Gasteiger partial charge in [0.1, 0.15) is 0 Å². The number of allylic oxidation sites excluding steroid dienone is 4. The van der Waals surface area contributed by atoms with Crippen LogP contribution in [0.4, 0.5) is 0 Å². The number of hydrogen-bond donors (Lipinski definition) is 0. The fraction of sp³-hybridized carbons (Fsp3) is 0.412. The molecule has 1 unspecified atom stereocenters. The van der Waals surface area contributed by atoms with Gasteiger partial charge in [-0.2, -0.15) is 0 Å².